The molecule has 1 aliphatic rings. The highest BCUT2D eigenvalue weighted by molar-refractivity contribution is 6.01. The Morgan fingerprint density at radius 1 is 1.25 bits per heavy atom. The van der Waals surface area contributed by atoms with Gasteiger partial charge in [0.15, 0.2) is 5.65 Å². The molecule has 1 unspecified atom stereocenters. The molecule has 3 heterocycles. The first-order valence-corrected chi connectivity index (χ1v) is 11.6. The molecule has 0 radical (unpaired) electrons. The van der Waals surface area contributed by atoms with Crippen LogP contribution in [0, 0.1) is 5.82 Å². The number of hydrogen-bond donors (Lipinski definition) is 2. The van der Waals surface area contributed by atoms with Gasteiger partial charge in [0, 0.05) is 25.3 Å². The van der Waals surface area contributed by atoms with E-state index in [-0.39, 0.29) is 11.7 Å². The van der Waals surface area contributed by atoms with Crippen LogP contribution in [0.4, 0.5) is 27.4 Å². The van der Waals surface area contributed by atoms with E-state index in [0.717, 1.165) is 25.2 Å². The Bertz CT molecular complexity index is 1430. The van der Waals surface area contributed by atoms with Gasteiger partial charge < -0.3 is 20.4 Å². The molecule has 1 saturated heterocycles. The van der Waals surface area contributed by atoms with Crippen molar-refractivity contribution in [1.29, 1.82) is 0 Å². The van der Waals surface area contributed by atoms with Crippen LogP contribution in [0.15, 0.2) is 67.6 Å². The summed E-state index contributed by atoms with van der Waals surface area (Å²) in [6, 6.07) is 12.3. The fraction of sp³-hybridized carbons (Fsp3) is 0.231. The van der Waals surface area contributed by atoms with Crippen molar-refractivity contribution in [3.63, 3.8) is 0 Å². The number of likely N-dealkylation sites (tertiary alicyclic amines) is 1. The van der Waals surface area contributed by atoms with E-state index in [4.69, 9.17) is 0 Å². The van der Waals surface area contributed by atoms with Gasteiger partial charge in [-0.3, -0.25) is 9.36 Å². The minimum absolute atomic E-state index is 0.290. The zero-order chi connectivity index (χ0) is 25.2. The van der Waals surface area contributed by atoms with Gasteiger partial charge >= 0.3 is 0 Å². The molecule has 184 valence electrons. The summed E-state index contributed by atoms with van der Waals surface area (Å²) in [5.41, 5.74) is 4.01. The lowest BCUT2D eigenvalue weighted by atomic mass is 10.1. The molecule has 1 atom stereocenters. The van der Waals surface area contributed by atoms with Gasteiger partial charge in [0.25, 0.3) is 0 Å². The molecule has 10 heteroatoms. The Morgan fingerprint density at radius 2 is 2.11 bits per heavy atom. The number of hydrogen-bond acceptors (Lipinski definition) is 7. The molecule has 0 saturated carbocycles. The molecule has 0 spiro atoms. The van der Waals surface area contributed by atoms with Gasteiger partial charge in [0.2, 0.25) is 11.9 Å². The molecular formula is C26H27FN8O. The van der Waals surface area contributed by atoms with E-state index < -0.39 is 0 Å². The van der Waals surface area contributed by atoms with Gasteiger partial charge in [0.1, 0.15) is 17.7 Å². The zero-order valence-electron chi connectivity index (χ0n) is 20.1. The van der Waals surface area contributed by atoms with Crippen LogP contribution in [0.1, 0.15) is 6.42 Å². The van der Waals surface area contributed by atoms with Crippen molar-refractivity contribution in [2.24, 2.45) is 0 Å². The molecule has 1 aliphatic heterocycles. The molecule has 4 aromatic rings. The second-order valence-corrected chi connectivity index (χ2v) is 8.86. The molecule has 1 fully saturated rings. The van der Waals surface area contributed by atoms with E-state index >= 15 is 0 Å². The molecule has 2 N–H and O–H groups in total. The van der Waals surface area contributed by atoms with Crippen molar-refractivity contribution in [2.45, 2.75) is 12.5 Å². The van der Waals surface area contributed by atoms with E-state index in [1.165, 1.54) is 18.2 Å². The quantitative estimate of drug-likeness (QED) is 0.382. The Labute approximate surface area is 208 Å². The maximum Gasteiger partial charge on any atom is 0.247 e. The summed E-state index contributed by atoms with van der Waals surface area (Å²) in [6.07, 6.45) is 5.50. The molecule has 9 nitrogen and oxygen atoms in total. The Hall–Kier alpha value is -4.31. The van der Waals surface area contributed by atoms with Crippen molar-refractivity contribution in [1.82, 2.24) is 24.4 Å². The average molecular weight is 487 g/mol. The van der Waals surface area contributed by atoms with E-state index in [1.807, 2.05) is 25.2 Å². The first-order valence-electron chi connectivity index (χ1n) is 11.6. The molecule has 36 heavy (non-hydrogen) atoms. The second kappa shape index (κ2) is 9.74. The maximum absolute atomic E-state index is 13.8. The summed E-state index contributed by atoms with van der Waals surface area (Å²) < 4.78 is 15.5. The number of imidazole rings is 1. The van der Waals surface area contributed by atoms with Crippen molar-refractivity contribution >= 4 is 40.1 Å². The van der Waals surface area contributed by atoms with Crippen molar-refractivity contribution in [3.05, 3.63) is 73.5 Å². The Morgan fingerprint density at radius 3 is 2.86 bits per heavy atom. The van der Waals surface area contributed by atoms with Crippen LogP contribution in [0.3, 0.4) is 0 Å². The first kappa shape index (κ1) is 23.4. The number of fused-ring (bicyclic) bond motifs is 1. The summed E-state index contributed by atoms with van der Waals surface area (Å²) >= 11 is 0. The smallest absolute Gasteiger partial charge is 0.247 e. The lowest BCUT2D eigenvalue weighted by Crippen LogP contribution is -2.34. The lowest BCUT2D eigenvalue weighted by Gasteiger charge is -2.29. The molecule has 1 amide bonds. The van der Waals surface area contributed by atoms with Crippen LogP contribution in [0.2, 0.25) is 0 Å². The fourth-order valence-corrected chi connectivity index (χ4v) is 4.44. The SMILES string of the molecule is C=CC(=O)Nc1cc(Nc2ncc3ncn(-c4cccc(F)c4)c3n2)ccc1N(C)C1CCN(C)C1. The average Bonchev–Trinajstić information content (AvgIpc) is 3.50. The predicted molar refractivity (Wildman–Crippen MR) is 139 cm³/mol. The highest BCUT2D eigenvalue weighted by Crippen LogP contribution is 2.32. The molecule has 5 rings (SSSR count). The number of anilines is 4. The van der Waals surface area contributed by atoms with Crippen molar-refractivity contribution < 1.29 is 9.18 Å². The number of amides is 1. The van der Waals surface area contributed by atoms with Crippen molar-refractivity contribution in [3.8, 4) is 5.69 Å². The molecule has 0 bridgehead atoms. The van der Waals surface area contributed by atoms with Crippen molar-refractivity contribution in [2.75, 3.05) is 42.7 Å². The molecule has 2 aromatic heterocycles. The normalized spacial score (nSPS) is 15.7. The number of carbonyl (C=O) groups excluding carboxylic acids is 1. The summed E-state index contributed by atoms with van der Waals surface area (Å²) in [5.74, 6) is -0.285. The third-order valence-electron chi connectivity index (χ3n) is 6.37. The number of carbonyl (C=O) groups is 1. The summed E-state index contributed by atoms with van der Waals surface area (Å²) in [5, 5.41) is 6.13. The first-order chi connectivity index (χ1) is 17.4. The fourth-order valence-electron chi connectivity index (χ4n) is 4.44. The number of nitrogens with one attached hydrogen (secondary N) is 2. The van der Waals surface area contributed by atoms with Gasteiger partial charge in [-0.1, -0.05) is 12.6 Å². The second-order valence-electron chi connectivity index (χ2n) is 8.86. The zero-order valence-corrected chi connectivity index (χ0v) is 20.1. The number of nitrogens with zero attached hydrogens (tertiary/aromatic N) is 6. The summed E-state index contributed by atoms with van der Waals surface area (Å²) in [4.78, 5) is 30.0. The van der Waals surface area contributed by atoms with Crippen LogP contribution >= 0.6 is 0 Å². The van der Waals surface area contributed by atoms with Crippen LogP contribution in [-0.4, -0.2) is 63.6 Å². The highest BCUT2D eigenvalue weighted by Gasteiger charge is 2.25. The number of halogens is 1. The number of benzene rings is 2. The topological polar surface area (TPSA) is 91.2 Å². The van der Waals surface area contributed by atoms with Crippen LogP contribution in [0.25, 0.3) is 16.9 Å². The van der Waals surface area contributed by atoms with E-state index in [9.17, 15) is 9.18 Å². The van der Waals surface area contributed by atoms with E-state index in [0.29, 0.717) is 40.2 Å². The van der Waals surface area contributed by atoms with Gasteiger partial charge in [-0.05, 0) is 62.5 Å². The standard InChI is InChI=1S/C26H27FN8O/c1-4-24(36)31-21-13-18(8-9-23(21)34(3)20-10-11-33(2)15-20)30-26-28-14-22-25(32-26)35(16-29-22)19-7-5-6-17(27)12-19/h4-9,12-14,16,20H,1,10-11,15H2,2-3H3,(H,31,36)(H,28,30,32). The lowest BCUT2D eigenvalue weighted by molar-refractivity contribution is -0.111. The highest BCUT2D eigenvalue weighted by atomic mass is 19.1. The number of likely N-dealkylation sites (N-methyl/N-ethyl adjacent to an activating group) is 2. The van der Waals surface area contributed by atoms with Crippen LogP contribution < -0.4 is 15.5 Å². The van der Waals surface area contributed by atoms with E-state index in [1.54, 1.807) is 29.2 Å². The van der Waals surface area contributed by atoms with Gasteiger partial charge in [-0.25, -0.2) is 14.4 Å². The molecular weight excluding hydrogens is 459 g/mol. The summed E-state index contributed by atoms with van der Waals surface area (Å²) in [6.45, 7) is 5.56. The van der Waals surface area contributed by atoms with Crippen LogP contribution in [-0.2, 0) is 4.79 Å². The third kappa shape index (κ3) is 4.76. The monoisotopic (exact) mass is 486 g/mol. The Kier molecular flexibility index (Phi) is 6.34. The van der Waals surface area contributed by atoms with Gasteiger partial charge in [0.05, 0.1) is 23.3 Å². The van der Waals surface area contributed by atoms with Gasteiger partial charge in [-0.2, -0.15) is 4.98 Å². The number of aromatic nitrogens is 4. The maximum atomic E-state index is 13.8. The van der Waals surface area contributed by atoms with Gasteiger partial charge in [-0.15, -0.1) is 0 Å². The molecule has 2 aromatic carbocycles. The Balaban J connectivity index is 1.45. The predicted octanol–water partition coefficient (Wildman–Crippen LogP) is 3.96. The minimum Gasteiger partial charge on any atom is -0.369 e. The largest absolute Gasteiger partial charge is 0.369 e. The number of rotatable bonds is 7. The molecule has 0 aliphatic carbocycles. The van der Waals surface area contributed by atoms with E-state index in [2.05, 4.69) is 49.0 Å². The summed E-state index contributed by atoms with van der Waals surface area (Å²) in [7, 11) is 4.15. The minimum atomic E-state index is -0.342. The van der Waals surface area contributed by atoms with Crippen LogP contribution in [0.5, 0.6) is 0 Å². The third-order valence-corrected chi connectivity index (χ3v) is 6.37.